The molecule has 0 aromatic carbocycles. The van der Waals surface area contributed by atoms with Crippen LogP contribution in [0.4, 0.5) is 5.00 Å². The van der Waals surface area contributed by atoms with Gasteiger partial charge >= 0.3 is 5.97 Å². The summed E-state index contributed by atoms with van der Waals surface area (Å²) in [6.07, 6.45) is 3.32. The Hall–Kier alpha value is -2.15. The van der Waals surface area contributed by atoms with E-state index in [1.54, 1.807) is 29.5 Å². The van der Waals surface area contributed by atoms with E-state index in [0.29, 0.717) is 16.1 Å². The summed E-state index contributed by atoms with van der Waals surface area (Å²) in [6, 6.07) is 0. The number of aromatic carboxylic acids is 1. The lowest BCUT2D eigenvalue weighted by molar-refractivity contribution is -0.114. The molecule has 2 heterocycles. The number of nitrogens with zero attached hydrogens (tertiary/aromatic N) is 2. The number of hydrogen-bond donors (Lipinski definition) is 2. The predicted octanol–water partition coefficient (Wildman–Crippen LogP) is 1.81. The van der Waals surface area contributed by atoms with Gasteiger partial charge < -0.3 is 10.4 Å². The van der Waals surface area contributed by atoms with E-state index in [4.69, 9.17) is 0 Å². The number of rotatable bonds is 3. The van der Waals surface area contributed by atoms with Crippen molar-refractivity contribution in [2.75, 3.05) is 5.32 Å². The van der Waals surface area contributed by atoms with E-state index < -0.39 is 5.97 Å². The van der Waals surface area contributed by atoms with Crippen LogP contribution in [-0.2, 0) is 11.8 Å². The Morgan fingerprint density at radius 2 is 2.22 bits per heavy atom. The molecule has 2 N–H and O–H groups in total. The van der Waals surface area contributed by atoms with Gasteiger partial charge in [0.15, 0.2) is 0 Å². The molecule has 0 atom stereocenters. The van der Waals surface area contributed by atoms with Crippen LogP contribution in [0, 0.1) is 0 Å². The van der Waals surface area contributed by atoms with Gasteiger partial charge in [-0.2, -0.15) is 5.10 Å². The predicted molar refractivity (Wildman–Crippen MR) is 67.8 cm³/mol. The van der Waals surface area contributed by atoms with Crippen molar-refractivity contribution < 1.29 is 14.7 Å². The van der Waals surface area contributed by atoms with Crippen molar-refractivity contribution in [3.05, 3.63) is 23.3 Å². The van der Waals surface area contributed by atoms with Crippen LogP contribution >= 0.6 is 11.3 Å². The van der Waals surface area contributed by atoms with E-state index in [-0.39, 0.29) is 11.5 Å². The van der Waals surface area contributed by atoms with Crippen molar-refractivity contribution in [3.63, 3.8) is 0 Å². The molecule has 0 aliphatic rings. The van der Waals surface area contributed by atoms with E-state index in [9.17, 15) is 14.7 Å². The first-order valence-corrected chi connectivity index (χ1v) is 5.98. The van der Waals surface area contributed by atoms with Gasteiger partial charge in [0.05, 0.1) is 6.20 Å². The zero-order valence-corrected chi connectivity index (χ0v) is 10.6. The molecule has 0 saturated heterocycles. The first-order chi connectivity index (χ1) is 8.49. The first-order valence-electron chi connectivity index (χ1n) is 5.10. The fraction of sp³-hybridized carbons (Fsp3) is 0.182. The molecule has 0 fully saturated rings. The van der Waals surface area contributed by atoms with E-state index in [2.05, 4.69) is 10.4 Å². The molecular formula is C11H11N3O3S. The Morgan fingerprint density at radius 1 is 1.50 bits per heavy atom. The highest BCUT2D eigenvalue weighted by Gasteiger charge is 2.20. The third kappa shape index (κ3) is 2.25. The second-order valence-electron chi connectivity index (χ2n) is 3.74. The van der Waals surface area contributed by atoms with Crippen molar-refractivity contribution in [3.8, 4) is 11.1 Å². The van der Waals surface area contributed by atoms with Crippen molar-refractivity contribution in [2.24, 2.45) is 7.05 Å². The van der Waals surface area contributed by atoms with Gasteiger partial charge in [-0.25, -0.2) is 4.79 Å². The van der Waals surface area contributed by atoms with Crippen molar-refractivity contribution in [1.82, 2.24) is 9.78 Å². The van der Waals surface area contributed by atoms with Crippen LogP contribution in [0.3, 0.4) is 0 Å². The van der Waals surface area contributed by atoms with Gasteiger partial charge in [-0.15, -0.1) is 11.3 Å². The van der Waals surface area contributed by atoms with Gasteiger partial charge in [-0.1, -0.05) is 0 Å². The van der Waals surface area contributed by atoms with Gasteiger partial charge in [-0.05, 0) is 0 Å². The van der Waals surface area contributed by atoms with E-state index >= 15 is 0 Å². The average molecular weight is 265 g/mol. The second kappa shape index (κ2) is 4.61. The number of carboxylic acids is 1. The quantitative estimate of drug-likeness (QED) is 0.886. The van der Waals surface area contributed by atoms with Gasteiger partial charge in [0.2, 0.25) is 5.91 Å². The number of carbonyl (C=O) groups is 2. The molecule has 7 heteroatoms. The molecule has 0 bridgehead atoms. The number of carbonyl (C=O) groups excluding carboxylic acids is 1. The largest absolute Gasteiger partial charge is 0.478 e. The first kappa shape index (κ1) is 12.3. The van der Waals surface area contributed by atoms with Gasteiger partial charge in [-0.3, -0.25) is 9.48 Å². The molecule has 0 unspecified atom stereocenters. The number of thiophene rings is 1. The van der Waals surface area contributed by atoms with Crippen LogP contribution in [0.15, 0.2) is 17.8 Å². The monoisotopic (exact) mass is 265 g/mol. The number of aryl methyl sites for hydroxylation is 1. The molecule has 2 aromatic heterocycles. The molecule has 0 aliphatic carbocycles. The molecule has 0 saturated carbocycles. The van der Waals surface area contributed by atoms with E-state index in [1.165, 1.54) is 18.3 Å². The van der Waals surface area contributed by atoms with Crippen molar-refractivity contribution in [1.29, 1.82) is 0 Å². The Kier molecular flexibility index (Phi) is 3.15. The molecule has 2 rings (SSSR count). The fourth-order valence-corrected chi connectivity index (χ4v) is 2.60. The lowest BCUT2D eigenvalue weighted by Gasteiger charge is -2.01. The second-order valence-corrected chi connectivity index (χ2v) is 4.62. The summed E-state index contributed by atoms with van der Waals surface area (Å²) in [5, 5.41) is 17.8. The molecule has 6 nitrogen and oxygen atoms in total. The maximum Gasteiger partial charge on any atom is 0.339 e. The highest BCUT2D eigenvalue weighted by molar-refractivity contribution is 7.15. The summed E-state index contributed by atoms with van der Waals surface area (Å²) in [5.74, 6) is -1.36. The average Bonchev–Trinajstić information content (AvgIpc) is 2.83. The Morgan fingerprint density at radius 3 is 2.72 bits per heavy atom. The van der Waals surface area contributed by atoms with Crippen LogP contribution in [0.2, 0.25) is 0 Å². The summed E-state index contributed by atoms with van der Waals surface area (Å²) < 4.78 is 1.59. The normalized spacial score (nSPS) is 10.3. The van der Waals surface area contributed by atoms with E-state index in [1.807, 2.05) is 0 Å². The number of aromatic nitrogens is 2. The maximum atomic E-state index is 11.3. The maximum absolute atomic E-state index is 11.3. The minimum absolute atomic E-state index is 0.100. The van der Waals surface area contributed by atoms with Crippen LogP contribution < -0.4 is 5.32 Å². The zero-order chi connectivity index (χ0) is 13.3. The Labute approximate surface area is 107 Å². The summed E-state index contributed by atoms with van der Waals surface area (Å²) in [5.41, 5.74) is 1.37. The number of nitrogens with one attached hydrogen (secondary N) is 1. The summed E-state index contributed by atoms with van der Waals surface area (Å²) >= 11 is 1.19. The minimum Gasteiger partial charge on any atom is -0.478 e. The van der Waals surface area contributed by atoms with Gasteiger partial charge in [0, 0.05) is 36.7 Å². The third-order valence-corrected chi connectivity index (χ3v) is 3.21. The molecule has 1 amide bonds. The zero-order valence-electron chi connectivity index (χ0n) is 9.80. The van der Waals surface area contributed by atoms with Crippen LogP contribution in [-0.4, -0.2) is 26.8 Å². The number of amides is 1. The number of anilines is 1. The highest BCUT2D eigenvalue weighted by atomic mass is 32.1. The third-order valence-electron chi connectivity index (χ3n) is 2.31. The topological polar surface area (TPSA) is 84.2 Å². The van der Waals surface area contributed by atoms with Crippen molar-refractivity contribution in [2.45, 2.75) is 6.92 Å². The Balaban J connectivity index is 2.51. The summed E-state index contributed by atoms with van der Waals surface area (Å²) in [7, 11) is 1.75. The number of carboxylic acid groups (broad SMARTS) is 1. The molecule has 0 spiro atoms. The molecular weight excluding hydrogens is 254 g/mol. The number of hydrogen-bond acceptors (Lipinski definition) is 4. The fourth-order valence-electron chi connectivity index (χ4n) is 1.59. The van der Waals surface area contributed by atoms with E-state index in [0.717, 1.165) is 0 Å². The molecule has 2 aromatic rings. The molecule has 18 heavy (non-hydrogen) atoms. The smallest absolute Gasteiger partial charge is 0.339 e. The summed E-state index contributed by atoms with van der Waals surface area (Å²) in [6.45, 7) is 1.34. The molecule has 94 valence electrons. The SMILES string of the molecule is CC(=O)Nc1scc(-c2cnn(C)c2)c1C(=O)O. The van der Waals surface area contributed by atoms with Gasteiger partial charge in [0.1, 0.15) is 10.6 Å². The lowest BCUT2D eigenvalue weighted by Crippen LogP contribution is -2.08. The van der Waals surface area contributed by atoms with Crippen LogP contribution in [0.1, 0.15) is 17.3 Å². The molecule has 0 radical (unpaired) electrons. The Bertz CT molecular complexity index is 615. The van der Waals surface area contributed by atoms with Crippen LogP contribution in [0.5, 0.6) is 0 Å². The highest BCUT2D eigenvalue weighted by Crippen LogP contribution is 2.35. The molecule has 0 aliphatic heterocycles. The summed E-state index contributed by atoms with van der Waals surface area (Å²) in [4.78, 5) is 22.3. The lowest BCUT2D eigenvalue weighted by atomic mass is 10.1. The standard InChI is InChI=1S/C11H11N3O3S/c1-6(15)13-10-9(11(16)17)8(5-18-10)7-3-12-14(2)4-7/h3-5H,1-2H3,(H,13,15)(H,16,17). The van der Waals surface area contributed by atoms with Crippen molar-refractivity contribution >= 4 is 28.2 Å². The minimum atomic E-state index is -1.07. The van der Waals surface area contributed by atoms with Crippen LogP contribution in [0.25, 0.3) is 11.1 Å². The van der Waals surface area contributed by atoms with Gasteiger partial charge in [0.25, 0.3) is 0 Å².